The highest BCUT2D eigenvalue weighted by molar-refractivity contribution is 5.85. The normalized spacial score (nSPS) is 10.6. The second-order valence-electron chi connectivity index (χ2n) is 9.12. The van der Waals surface area contributed by atoms with Gasteiger partial charge in [-0.25, -0.2) is 0 Å². The molecule has 0 radical (unpaired) electrons. The number of fused-ring (bicyclic) bond motifs is 2. The Hall–Kier alpha value is -4.32. The molecule has 0 fully saturated rings. The smallest absolute Gasteiger partial charge is 0.216 e. The molecule has 5 aromatic rings. The van der Waals surface area contributed by atoms with E-state index in [2.05, 4.69) is 75.2 Å². The molecule has 6 nitrogen and oxygen atoms in total. The third-order valence-corrected chi connectivity index (χ3v) is 6.32. The third kappa shape index (κ3) is 7.10. The van der Waals surface area contributed by atoms with E-state index in [4.69, 9.17) is 0 Å². The fraction of sp³-hybridized carbons (Fsp3) is 0.226. The lowest BCUT2D eigenvalue weighted by molar-refractivity contribution is -0.119. The summed E-state index contributed by atoms with van der Waals surface area (Å²) < 4.78 is 0. The average Bonchev–Trinajstić information content (AvgIpc) is 3.46. The standard InChI is InChI=1S/C19H20N2O.C12H14N2O/c1-14(22)20-12-11-17-16-9-5-6-10-18(16)21-19(17)13-15-7-3-2-4-8-15;1-9(15)13-7-6-10-8-14-12-5-3-2-4-11(10)12/h2-10,21H,11-13H2,1H3,(H,20,22);2-5,8,14H,6-7H2,1H3,(H,13,15). The Morgan fingerprint density at radius 2 is 1.30 bits per heavy atom. The Bertz CT molecular complexity index is 1470. The minimum absolute atomic E-state index is 0.0180. The first-order valence-corrected chi connectivity index (χ1v) is 12.7. The van der Waals surface area contributed by atoms with Crippen LogP contribution in [0.4, 0.5) is 0 Å². The van der Waals surface area contributed by atoms with E-state index in [9.17, 15) is 9.59 Å². The SMILES string of the molecule is CC(=O)NCCc1c(Cc2ccccc2)[nH]c2ccccc12.CC(=O)NCCc1c[nH]c2ccccc12. The van der Waals surface area contributed by atoms with Crippen LogP contribution in [0.2, 0.25) is 0 Å². The van der Waals surface area contributed by atoms with E-state index >= 15 is 0 Å². The second kappa shape index (κ2) is 12.6. The van der Waals surface area contributed by atoms with Crippen molar-refractivity contribution >= 4 is 33.6 Å². The van der Waals surface area contributed by atoms with Crippen molar-refractivity contribution in [3.05, 3.63) is 107 Å². The number of carbonyl (C=O) groups excluding carboxylic acids is 2. The topological polar surface area (TPSA) is 89.8 Å². The minimum atomic E-state index is 0.0180. The minimum Gasteiger partial charge on any atom is -0.361 e. The van der Waals surface area contributed by atoms with E-state index in [1.54, 1.807) is 6.92 Å². The predicted octanol–water partition coefficient (Wildman–Crippen LogP) is 5.28. The highest BCUT2D eigenvalue weighted by Gasteiger charge is 2.11. The summed E-state index contributed by atoms with van der Waals surface area (Å²) in [7, 11) is 0. The maximum absolute atomic E-state index is 11.1. The van der Waals surface area contributed by atoms with Gasteiger partial charge in [-0.05, 0) is 41.7 Å². The summed E-state index contributed by atoms with van der Waals surface area (Å²) in [4.78, 5) is 28.6. The Balaban J connectivity index is 0.000000186. The van der Waals surface area contributed by atoms with Crippen LogP contribution in [0.25, 0.3) is 21.8 Å². The molecule has 0 bridgehead atoms. The molecule has 0 spiro atoms. The van der Waals surface area contributed by atoms with Crippen LogP contribution in [-0.4, -0.2) is 34.9 Å². The van der Waals surface area contributed by atoms with Crippen LogP contribution >= 0.6 is 0 Å². The van der Waals surface area contributed by atoms with Gasteiger partial charge in [-0.1, -0.05) is 66.7 Å². The van der Waals surface area contributed by atoms with E-state index in [-0.39, 0.29) is 11.8 Å². The monoisotopic (exact) mass is 494 g/mol. The summed E-state index contributed by atoms with van der Waals surface area (Å²) in [5, 5.41) is 8.17. The van der Waals surface area contributed by atoms with Crippen LogP contribution in [-0.2, 0) is 28.9 Å². The lowest BCUT2D eigenvalue weighted by Gasteiger charge is -2.06. The molecule has 190 valence electrons. The zero-order valence-corrected chi connectivity index (χ0v) is 21.4. The number of aromatic nitrogens is 2. The molecule has 0 unspecified atom stereocenters. The fourth-order valence-corrected chi connectivity index (χ4v) is 4.57. The zero-order valence-electron chi connectivity index (χ0n) is 21.4. The van der Waals surface area contributed by atoms with Crippen LogP contribution in [0, 0.1) is 0 Å². The molecule has 0 aliphatic heterocycles. The van der Waals surface area contributed by atoms with Crippen LogP contribution in [0.15, 0.2) is 85.1 Å². The molecule has 0 aliphatic rings. The van der Waals surface area contributed by atoms with Gasteiger partial charge >= 0.3 is 0 Å². The van der Waals surface area contributed by atoms with Crippen molar-refractivity contribution in [1.82, 2.24) is 20.6 Å². The van der Waals surface area contributed by atoms with Gasteiger partial charge in [0.1, 0.15) is 0 Å². The van der Waals surface area contributed by atoms with Crippen LogP contribution in [0.1, 0.15) is 36.2 Å². The lowest BCUT2D eigenvalue weighted by atomic mass is 10.0. The first kappa shape index (κ1) is 25.8. The average molecular weight is 495 g/mol. The Labute approximate surface area is 217 Å². The molecule has 6 heteroatoms. The summed E-state index contributed by atoms with van der Waals surface area (Å²) in [6, 6.07) is 27.0. The number of hydrogen-bond donors (Lipinski definition) is 4. The fourth-order valence-electron chi connectivity index (χ4n) is 4.57. The van der Waals surface area contributed by atoms with Gasteiger partial charge < -0.3 is 20.6 Å². The quantitative estimate of drug-likeness (QED) is 0.236. The van der Waals surface area contributed by atoms with Gasteiger partial charge in [0.25, 0.3) is 0 Å². The first-order chi connectivity index (χ1) is 18.0. The van der Waals surface area contributed by atoms with E-state index in [1.807, 2.05) is 30.5 Å². The van der Waals surface area contributed by atoms with Gasteiger partial charge in [-0.3, -0.25) is 9.59 Å². The molecule has 4 N–H and O–H groups in total. The molecule has 2 heterocycles. The highest BCUT2D eigenvalue weighted by Crippen LogP contribution is 2.25. The van der Waals surface area contributed by atoms with E-state index in [0.717, 1.165) is 30.3 Å². The molecule has 2 amide bonds. The molecule has 0 saturated heterocycles. The number of amides is 2. The van der Waals surface area contributed by atoms with Gasteiger partial charge in [0.2, 0.25) is 11.8 Å². The van der Waals surface area contributed by atoms with Gasteiger partial charge in [-0.2, -0.15) is 0 Å². The van der Waals surface area contributed by atoms with Crippen molar-refractivity contribution in [3.63, 3.8) is 0 Å². The number of H-pyrrole nitrogens is 2. The van der Waals surface area contributed by atoms with Crippen molar-refractivity contribution in [2.75, 3.05) is 13.1 Å². The number of benzene rings is 3. The number of para-hydroxylation sites is 2. The summed E-state index contributed by atoms with van der Waals surface area (Å²) in [5.41, 5.74) is 7.38. The third-order valence-electron chi connectivity index (χ3n) is 6.32. The maximum Gasteiger partial charge on any atom is 0.216 e. The summed E-state index contributed by atoms with van der Waals surface area (Å²) in [5.74, 6) is 0.0410. The summed E-state index contributed by atoms with van der Waals surface area (Å²) in [6.07, 6.45) is 4.59. The molecule has 0 saturated carbocycles. The summed E-state index contributed by atoms with van der Waals surface area (Å²) >= 11 is 0. The Kier molecular flexibility index (Phi) is 8.76. The van der Waals surface area contributed by atoms with Crippen molar-refractivity contribution in [2.45, 2.75) is 33.1 Å². The van der Waals surface area contributed by atoms with Gasteiger partial charge in [0, 0.05) is 67.1 Å². The number of nitrogens with one attached hydrogen (secondary N) is 4. The first-order valence-electron chi connectivity index (χ1n) is 12.7. The number of rotatable bonds is 8. The van der Waals surface area contributed by atoms with Gasteiger partial charge in [0.05, 0.1) is 0 Å². The zero-order chi connectivity index (χ0) is 26.0. The largest absolute Gasteiger partial charge is 0.361 e. The maximum atomic E-state index is 11.1. The number of hydrogen-bond acceptors (Lipinski definition) is 2. The molecule has 0 aliphatic carbocycles. The second-order valence-corrected chi connectivity index (χ2v) is 9.12. The molecule has 37 heavy (non-hydrogen) atoms. The van der Waals surface area contributed by atoms with Crippen molar-refractivity contribution in [2.24, 2.45) is 0 Å². The van der Waals surface area contributed by atoms with Crippen LogP contribution in [0.3, 0.4) is 0 Å². The lowest BCUT2D eigenvalue weighted by Crippen LogP contribution is -2.22. The molecule has 5 rings (SSSR count). The van der Waals surface area contributed by atoms with E-state index in [0.29, 0.717) is 13.1 Å². The van der Waals surface area contributed by atoms with Crippen molar-refractivity contribution < 1.29 is 9.59 Å². The van der Waals surface area contributed by atoms with Gasteiger partial charge in [-0.15, -0.1) is 0 Å². The summed E-state index contributed by atoms with van der Waals surface area (Å²) in [6.45, 7) is 4.45. The number of aromatic amines is 2. The highest BCUT2D eigenvalue weighted by atomic mass is 16.2. The van der Waals surface area contributed by atoms with Crippen molar-refractivity contribution in [1.29, 1.82) is 0 Å². The van der Waals surface area contributed by atoms with Gasteiger partial charge in [0.15, 0.2) is 0 Å². The van der Waals surface area contributed by atoms with Crippen molar-refractivity contribution in [3.8, 4) is 0 Å². The predicted molar refractivity (Wildman–Crippen MR) is 151 cm³/mol. The van der Waals surface area contributed by atoms with Crippen LogP contribution in [0.5, 0.6) is 0 Å². The molecular weight excluding hydrogens is 460 g/mol. The molecule has 3 aromatic carbocycles. The Morgan fingerprint density at radius 1 is 0.703 bits per heavy atom. The molecule has 0 atom stereocenters. The van der Waals surface area contributed by atoms with E-state index < -0.39 is 0 Å². The Morgan fingerprint density at radius 3 is 2.00 bits per heavy atom. The number of carbonyl (C=O) groups is 2. The molecular formula is C31H34N4O2. The van der Waals surface area contributed by atoms with E-state index in [1.165, 1.54) is 40.1 Å². The molecule has 2 aromatic heterocycles. The van der Waals surface area contributed by atoms with Crippen LogP contribution < -0.4 is 10.6 Å².